The molecular weight excluding hydrogens is 612 g/mol. The van der Waals surface area contributed by atoms with Crippen LogP contribution in [0.3, 0.4) is 0 Å². The number of allylic oxidation sites excluding steroid dienone is 9. The summed E-state index contributed by atoms with van der Waals surface area (Å²) in [7, 11) is 1.85. The van der Waals surface area contributed by atoms with Crippen LogP contribution in [0.1, 0.15) is 95.9 Å². The van der Waals surface area contributed by atoms with Crippen molar-refractivity contribution in [3.8, 4) is 0 Å². The number of benzene rings is 1. The predicted molar refractivity (Wildman–Crippen MR) is 186 cm³/mol. The zero-order chi connectivity index (χ0) is 34.4. The molecule has 1 aromatic rings. The Morgan fingerprint density at radius 3 is 2.42 bits per heavy atom. The molecule has 254 valence electrons. The summed E-state index contributed by atoms with van der Waals surface area (Å²) < 4.78 is 59.5. The van der Waals surface area contributed by atoms with Gasteiger partial charge in [-0.2, -0.15) is 18.3 Å². The summed E-state index contributed by atoms with van der Waals surface area (Å²) in [5.41, 5.74) is 6.22. The average Bonchev–Trinajstić information content (AvgIpc) is 3.48. The summed E-state index contributed by atoms with van der Waals surface area (Å²) in [5.74, 6) is -0.474. The third-order valence-corrected chi connectivity index (χ3v) is 12.3. The number of halogens is 4. The van der Waals surface area contributed by atoms with Gasteiger partial charge in [0.25, 0.3) is 0 Å². The molecule has 6 aliphatic rings. The molecule has 0 fully saturated rings. The molecule has 7 rings (SSSR count). The first-order chi connectivity index (χ1) is 22.7. The molecule has 3 atom stereocenters. The topological polar surface area (TPSA) is 22.1 Å². The fourth-order valence-corrected chi connectivity index (χ4v) is 9.55. The maximum atomic E-state index is 16.4. The number of unbranched alkanes of at least 4 members (excludes halogenated alkanes) is 1. The molecule has 0 spiro atoms. The first-order valence-electron chi connectivity index (χ1n) is 17.5. The Labute approximate surface area is 282 Å². The van der Waals surface area contributed by atoms with E-state index in [1.165, 1.54) is 16.7 Å². The van der Waals surface area contributed by atoms with Crippen LogP contribution in [-0.2, 0) is 11.8 Å². The standard InChI is InChI=1S/C40H46F4N4/c1-8-11-14-25-16-17-27-33-26(25)20-22-47-36(33)34-28(18-19-29(41)35(34)37(27,4)5)39(10-3,38(47,6)9-2)24-48-31(23-32(45-48)40(42,43)44)30-15-12-13-21-46(30)7/h12-13,15-22,28H,8-11,14,23-24H2,1-7H3. The summed E-state index contributed by atoms with van der Waals surface area (Å²) >= 11 is 0. The lowest BCUT2D eigenvalue weighted by Gasteiger charge is -2.65. The highest BCUT2D eigenvalue weighted by Crippen LogP contribution is 2.66. The molecule has 1 aromatic carbocycles. The Kier molecular flexibility index (Phi) is 7.57. The van der Waals surface area contributed by atoms with Gasteiger partial charge >= 0.3 is 6.18 Å². The molecule has 2 aliphatic carbocycles. The Morgan fingerprint density at radius 1 is 0.979 bits per heavy atom. The van der Waals surface area contributed by atoms with Crippen LogP contribution < -0.4 is 0 Å². The van der Waals surface area contributed by atoms with E-state index >= 15 is 4.39 Å². The van der Waals surface area contributed by atoms with Gasteiger partial charge in [0.2, 0.25) is 0 Å². The molecule has 0 N–H and O–H groups in total. The third kappa shape index (κ3) is 4.36. The monoisotopic (exact) mass is 658 g/mol. The van der Waals surface area contributed by atoms with Gasteiger partial charge in [0.05, 0.1) is 23.6 Å². The number of hydrogen-bond acceptors (Lipinski definition) is 4. The summed E-state index contributed by atoms with van der Waals surface area (Å²) in [6.07, 6.45) is 15.2. The van der Waals surface area contributed by atoms with Gasteiger partial charge in [-0.05, 0) is 79.2 Å². The minimum absolute atomic E-state index is 0.234. The van der Waals surface area contributed by atoms with Crippen molar-refractivity contribution in [3.05, 3.63) is 106 Å². The fourth-order valence-electron chi connectivity index (χ4n) is 9.55. The second-order valence-electron chi connectivity index (χ2n) is 14.9. The second-order valence-corrected chi connectivity index (χ2v) is 14.9. The van der Waals surface area contributed by atoms with E-state index in [4.69, 9.17) is 0 Å². The van der Waals surface area contributed by atoms with Gasteiger partial charge in [0.15, 0.2) is 0 Å². The molecule has 0 radical (unpaired) electrons. The van der Waals surface area contributed by atoms with Crippen molar-refractivity contribution in [2.75, 3.05) is 13.6 Å². The minimum atomic E-state index is -4.55. The largest absolute Gasteiger partial charge is 0.431 e. The maximum absolute atomic E-state index is 16.4. The molecule has 0 saturated heterocycles. The summed E-state index contributed by atoms with van der Waals surface area (Å²) in [4.78, 5) is 4.23. The van der Waals surface area contributed by atoms with Crippen LogP contribution in [0.25, 0.3) is 11.8 Å². The number of rotatable bonds is 7. The molecule has 4 aliphatic heterocycles. The normalized spacial score (nSPS) is 29.8. The SMILES string of the molecule is CCCCc1ccc2c3c1C=CN1C3=C3C(=C(F)C=CC3C(CC)(CN3N=C(C(F)(F)F)CC3=C3C=CC=CN3C)C1(C)CC)C2(C)C. The second kappa shape index (κ2) is 11.1. The highest BCUT2D eigenvalue weighted by molar-refractivity contribution is 5.93. The highest BCUT2D eigenvalue weighted by atomic mass is 19.4. The zero-order valence-electron chi connectivity index (χ0n) is 29.1. The lowest BCUT2D eigenvalue weighted by molar-refractivity contribution is -0.0605. The third-order valence-electron chi connectivity index (χ3n) is 12.3. The number of likely N-dealkylation sites (N-methyl/N-ethyl adjacent to an activating group) is 1. The van der Waals surface area contributed by atoms with Crippen LogP contribution in [0, 0.1) is 11.3 Å². The van der Waals surface area contributed by atoms with Crippen molar-refractivity contribution < 1.29 is 17.6 Å². The first-order valence-corrected chi connectivity index (χ1v) is 17.5. The van der Waals surface area contributed by atoms with Crippen molar-refractivity contribution in [1.82, 2.24) is 14.8 Å². The van der Waals surface area contributed by atoms with Crippen LogP contribution in [0.2, 0.25) is 0 Å². The quantitative estimate of drug-likeness (QED) is 0.272. The smallest absolute Gasteiger partial charge is 0.350 e. The lowest BCUT2D eigenvalue weighted by Crippen LogP contribution is -2.66. The molecular formula is C40H46F4N4. The van der Waals surface area contributed by atoms with Gasteiger partial charge in [0.1, 0.15) is 11.5 Å². The number of aryl methyl sites for hydroxylation is 1. The summed E-state index contributed by atoms with van der Waals surface area (Å²) in [5, 5.41) is 5.98. The molecule has 8 heteroatoms. The zero-order valence-corrected chi connectivity index (χ0v) is 29.1. The van der Waals surface area contributed by atoms with E-state index in [1.54, 1.807) is 11.1 Å². The van der Waals surface area contributed by atoms with Crippen molar-refractivity contribution in [2.24, 2.45) is 16.4 Å². The number of hydrazone groups is 1. The predicted octanol–water partition coefficient (Wildman–Crippen LogP) is 10.2. The lowest BCUT2D eigenvalue weighted by atomic mass is 9.49. The van der Waals surface area contributed by atoms with Crippen molar-refractivity contribution in [2.45, 2.75) is 97.2 Å². The number of hydrogen-bond donors (Lipinski definition) is 0. The Morgan fingerprint density at radius 2 is 1.75 bits per heavy atom. The minimum Gasteiger partial charge on any atom is -0.350 e. The molecule has 0 aromatic heterocycles. The maximum Gasteiger partial charge on any atom is 0.431 e. The van der Waals surface area contributed by atoms with Crippen molar-refractivity contribution in [3.63, 3.8) is 0 Å². The Balaban J connectivity index is 1.49. The first kappa shape index (κ1) is 32.7. The van der Waals surface area contributed by atoms with Crippen LogP contribution in [-0.4, -0.2) is 45.8 Å². The van der Waals surface area contributed by atoms with Crippen LogP contribution in [0.5, 0.6) is 0 Å². The number of nitrogens with zero attached hydrogens (tertiary/aromatic N) is 4. The fraction of sp³-hybridized carbons (Fsp3) is 0.475. The average molecular weight is 659 g/mol. The summed E-state index contributed by atoms with van der Waals surface area (Å²) in [6.45, 7) is 13.3. The molecule has 4 heterocycles. The van der Waals surface area contributed by atoms with E-state index in [9.17, 15) is 13.2 Å². The van der Waals surface area contributed by atoms with Crippen LogP contribution >= 0.6 is 0 Å². The Bertz CT molecular complexity index is 1820. The van der Waals surface area contributed by atoms with E-state index in [1.807, 2.05) is 42.5 Å². The van der Waals surface area contributed by atoms with E-state index in [0.29, 0.717) is 23.4 Å². The van der Waals surface area contributed by atoms with Gasteiger partial charge in [-0.15, -0.1) is 0 Å². The van der Waals surface area contributed by atoms with Gasteiger partial charge in [0, 0.05) is 59.3 Å². The molecule has 0 bridgehead atoms. The van der Waals surface area contributed by atoms with E-state index in [-0.39, 0.29) is 24.7 Å². The van der Waals surface area contributed by atoms with E-state index < -0.39 is 28.3 Å². The van der Waals surface area contributed by atoms with Gasteiger partial charge in [-0.25, -0.2) is 4.39 Å². The van der Waals surface area contributed by atoms with E-state index in [2.05, 4.69) is 76.0 Å². The summed E-state index contributed by atoms with van der Waals surface area (Å²) in [6, 6.07) is 4.44. The molecule has 0 saturated carbocycles. The van der Waals surface area contributed by atoms with Gasteiger partial charge in [-0.3, -0.25) is 5.01 Å². The highest BCUT2D eigenvalue weighted by Gasteiger charge is 2.63. The van der Waals surface area contributed by atoms with Crippen molar-refractivity contribution >= 4 is 17.5 Å². The molecule has 0 amide bonds. The van der Waals surface area contributed by atoms with Crippen LogP contribution in [0.4, 0.5) is 17.6 Å². The molecule has 3 unspecified atom stereocenters. The number of alkyl halides is 3. The molecule has 48 heavy (non-hydrogen) atoms. The van der Waals surface area contributed by atoms with Crippen molar-refractivity contribution in [1.29, 1.82) is 0 Å². The molecule has 4 nitrogen and oxygen atoms in total. The van der Waals surface area contributed by atoms with Gasteiger partial charge < -0.3 is 9.80 Å². The van der Waals surface area contributed by atoms with E-state index in [0.717, 1.165) is 42.5 Å². The van der Waals surface area contributed by atoms with Crippen LogP contribution in [0.15, 0.2) is 88.4 Å². The van der Waals surface area contributed by atoms with Gasteiger partial charge in [-0.1, -0.05) is 65.3 Å². The Hall–Kier alpha value is -3.81.